The van der Waals surface area contributed by atoms with E-state index in [-0.39, 0.29) is 17.8 Å². The summed E-state index contributed by atoms with van der Waals surface area (Å²) in [7, 11) is 0. The van der Waals surface area contributed by atoms with E-state index < -0.39 is 17.7 Å². The Hall–Kier alpha value is -3.22. The molecule has 0 atom stereocenters. The summed E-state index contributed by atoms with van der Waals surface area (Å²) in [6, 6.07) is 10.7. The van der Waals surface area contributed by atoms with Crippen LogP contribution < -0.4 is 10.2 Å². The maximum Gasteiger partial charge on any atom is 0.280 e. The Kier molecular flexibility index (Phi) is 4.12. The van der Waals surface area contributed by atoms with Gasteiger partial charge in [-0.1, -0.05) is 0 Å². The zero-order valence-corrected chi connectivity index (χ0v) is 14.1. The number of nitrogens with zero attached hydrogens (tertiary/aromatic N) is 3. The molecule has 3 heterocycles. The predicted octanol–water partition coefficient (Wildman–Crippen LogP) is 1.92. The first kappa shape index (κ1) is 16.3. The fourth-order valence-corrected chi connectivity index (χ4v) is 3.33. The van der Waals surface area contributed by atoms with Crippen LogP contribution >= 0.6 is 0 Å². The van der Waals surface area contributed by atoms with E-state index >= 15 is 0 Å². The van der Waals surface area contributed by atoms with Crippen LogP contribution in [0.2, 0.25) is 0 Å². The second-order valence-corrected chi connectivity index (χ2v) is 6.39. The second-order valence-electron chi connectivity index (χ2n) is 6.39. The normalized spacial score (nSPS) is 16.2. The number of rotatable bonds is 4. The molecule has 0 saturated carbocycles. The van der Waals surface area contributed by atoms with Gasteiger partial charge in [0.1, 0.15) is 12.2 Å². The summed E-state index contributed by atoms with van der Waals surface area (Å²) >= 11 is 0. The molecule has 4 rings (SSSR count). The first-order chi connectivity index (χ1) is 12.6. The number of nitrogens with one attached hydrogen (secondary N) is 1. The van der Waals surface area contributed by atoms with Gasteiger partial charge in [-0.15, -0.1) is 0 Å². The highest BCUT2D eigenvalue weighted by molar-refractivity contribution is 6.21. The van der Waals surface area contributed by atoms with Gasteiger partial charge in [0.2, 0.25) is 5.91 Å². The molecule has 1 fully saturated rings. The minimum atomic E-state index is -0.537. The van der Waals surface area contributed by atoms with Gasteiger partial charge >= 0.3 is 0 Å². The molecule has 2 aliphatic rings. The molecule has 0 unspecified atom stereocenters. The van der Waals surface area contributed by atoms with Crippen LogP contribution in [-0.4, -0.2) is 47.2 Å². The Morgan fingerprint density at radius 3 is 2.46 bits per heavy atom. The Labute approximate surface area is 150 Å². The number of carbonyl (C=O) groups is 3. The van der Waals surface area contributed by atoms with E-state index in [1.54, 1.807) is 6.07 Å². The van der Waals surface area contributed by atoms with Gasteiger partial charge in [0.05, 0.1) is 5.56 Å². The lowest BCUT2D eigenvalue weighted by atomic mass is 10.2. The van der Waals surface area contributed by atoms with E-state index in [1.807, 2.05) is 24.3 Å². The third-order valence-corrected chi connectivity index (χ3v) is 4.65. The molecular weight excluding hydrogens is 332 g/mol. The molecule has 3 amide bonds. The van der Waals surface area contributed by atoms with E-state index in [0.29, 0.717) is 5.69 Å². The first-order valence-electron chi connectivity index (χ1n) is 8.59. The Bertz CT molecular complexity index is 838. The van der Waals surface area contributed by atoms with Crippen molar-refractivity contribution < 1.29 is 14.4 Å². The van der Waals surface area contributed by atoms with Gasteiger partial charge in [-0.05, 0) is 49.2 Å². The molecule has 1 aromatic heterocycles. The van der Waals surface area contributed by atoms with Crippen LogP contribution in [0.3, 0.4) is 0 Å². The number of amides is 3. The summed E-state index contributed by atoms with van der Waals surface area (Å²) in [5, 5.41) is 2.73. The Morgan fingerprint density at radius 2 is 1.77 bits per heavy atom. The molecule has 0 spiro atoms. The summed E-state index contributed by atoms with van der Waals surface area (Å²) < 4.78 is 0. The molecule has 2 aromatic rings. The zero-order valence-electron chi connectivity index (χ0n) is 14.1. The van der Waals surface area contributed by atoms with Crippen molar-refractivity contribution in [3.8, 4) is 0 Å². The van der Waals surface area contributed by atoms with E-state index in [0.717, 1.165) is 23.7 Å². The van der Waals surface area contributed by atoms with Crippen LogP contribution in [-0.2, 0) is 4.79 Å². The number of aromatic nitrogens is 1. The molecule has 7 nitrogen and oxygen atoms in total. The molecule has 0 radical (unpaired) electrons. The maximum atomic E-state index is 12.3. The standard InChI is InChI=1S/C19H18N4O3/c24-16(12-23-18(25)15-4-3-9-20-17(15)19(23)26)21-13-5-7-14(8-6-13)22-10-1-2-11-22/h3-9H,1-2,10-12H2,(H,21,24). The van der Waals surface area contributed by atoms with Gasteiger partial charge in [-0.25, -0.2) is 0 Å². The molecule has 1 saturated heterocycles. The number of benzene rings is 1. The van der Waals surface area contributed by atoms with E-state index in [4.69, 9.17) is 0 Å². The highest BCUT2D eigenvalue weighted by Crippen LogP contribution is 2.23. The van der Waals surface area contributed by atoms with Crippen molar-refractivity contribution in [2.24, 2.45) is 0 Å². The highest BCUT2D eigenvalue weighted by Gasteiger charge is 2.37. The molecule has 0 bridgehead atoms. The lowest BCUT2D eigenvalue weighted by Gasteiger charge is -2.18. The van der Waals surface area contributed by atoms with Gasteiger partial charge in [0.15, 0.2) is 0 Å². The monoisotopic (exact) mass is 350 g/mol. The number of pyridine rings is 1. The number of hydrogen-bond donors (Lipinski definition) is 1. The molecule has 1 N–H and O–H groups in total. The highest BCUT2D eigenvalue weighted by atomic mass is 16.2. The third kappa shape index (κ3) is 2.92. The number of imide groups is 1. The summed E-state index contributed by atoms with van der Waals surface area (Å²) in [6.45, 7) is 1.78. The van der Waals surface area contributed by atoms with Crippen LogP contribution in [0.4, 0.5) is 11.4 Å². The minimum absolute atomic E-state index is 0.0975. The van der Waals surface area contributed by atoms with Gasteiger partial charge in [0, 0.05) is 30.7 Å². The van der Waals surface area contributed by atoms with Crippen LogP contribution in [0.5, 0.6) is 0 Å². The fraction of sp³-hybridized carbons (Fsp3) is 0.263. The second kappa shape index (κ2) is 6.59. The maximum absolute atomic E-state index is 12.3. The first-order valence-corrected chi connectivity index (χ1v) is 8.59. The van der Waals surface area contributed by atoms with Crippen molar-refractivity contribution in [2.75, 3.05) is 29.9 Å². The summed E-state index contributed by atoms with van der Waals surface area (Å²) in [5.41, 5.74) is 2.10. The molecule has 132 valence electrons. The lowest BCUT2D eigenvalue weighted by molar-refractivity contribution is -0.116. The average molecular weight is 350 g/mol. The van der Waals surface area contributed by atoms with Crippen LogP contribution in [0.25, 0.3) is 0 Å². The predicted molar refractivity (Wildman–Crippen MR) is 96.1 cm³/mol. The van der Waals surface area contributed by atoms with Crippen molar-refractivity contribution >= 4 is 29.1 Å². The van der Waals surface area contributed by atoms with Crippen LogP contribution in [0.1, 0.15) is 33.7 Å². The van der Waals surface area contributed by atoms with Crippen LogP contribution in [0, 0.1) is 0 Å². The SMILES string of the molecule is O=C(CN1C(=O)c2cccnc2C1=O)Nc1ccc(N2CCCC2)cc1. The summed E-state index contributed by atoms with van der Waals surface area (Å²) in [6.07, 6.45) is 3.86. The zero-order chi connectivity index (χ0) is 18.1. The van der Waals surface area contributed by atoms with E-state index in [9.17, 15) is 14.4 Å². The Balaban J connectivity index is 1.40. The molecular formula is C19H18N4O3. The third-order valence-electron chi connectivity index (χ3n) is 4.65. The number of anilines is 2. The van der Waals surface area contributed by atoms with E-state index in [2.05, 4.69) is 15.2 Å². The number of carbonyl (C=O) groups excluding carboxylic acids is 3. The molecule has 2 aliphatic heterocycles. The summed E-state index contributed by atoms with van der Waals surface area (Å²) in [4.78, 5) is 43.9. The van der Waals surface area contributed by atoms with Gasteiger partial charge < -0.3 is 10.2 Å². The van der Waals surface area contributed by atoms with E-state index in [1.165, 1.54) is 25.1 Å². The van der Waals surface area contributed by atoms with Crippen molar-refractivity contribution in [2.45, 2.75) is 12.8 Å². The largest absolute Gasteiger partial charge is 0.372 e. The van der Waals surface area contributed by atoms with Crippen molar-refractivity contribution in [1.82, 2.24) is 9.88 Å². The minimum Gasteiger partial charge on any atom is -0.372 e. The van der Waals surface area contributed by atoms with Gasteiger partial charge in [-0.2, -0.15) is 0 Å². The number of fused-ring (bicyclic) bond motifs is 1. The lowest BCUT2D eigenvalue weighted by Crippen LogP contribution is -2.37. The average Bonchev–Trinajstić information content (AvgIpc) is 3.27. The molecule has 26 heavy (non-hydrogen) atoms. The molecule has 0 aliphatic carbocycles. The summed E-state index contributed by atoms with van der Waals surface area (Å²) in [5.74, 6) is -1.45. The van der Waals surface area contributed by atoms with Crippen molar-refractivity contribution in [3.05, 3.63) is 53.9 Å². The quantitative estimate of drug-likeness (QED) is 0.852. The number of hydrogen-bond acceptors (Lipinski definition) is 5. The topological polar surface area (TPSA) is 82.6 Å². The van der Waals surface area contributed by atoms with Gasteiger partial charge in [0.25, 0.3) is 11.8 Å². The van der Waals surface area contributed by atoms with Crippen molar-refractivity contribution in [1.29, 1.82) is 0 Å². The smallest absolute Gasteiger partial charge is 0.280 e. The molecule has 7 heteroatoms. The molecule has 1 aromatic carbocycles. The van der Waals surface area contributed by atoms with Crippen LogP contribution in [0.15, 0.2) is 42.6 Å². The van der Waals surface area contributed by atoms with Crippen molar-refractivity contribution in [3.63, 3.8) is 0 Å². The Morgan fingerprint density at radius 1 is 1.04 bits per heavy atom. The fourth-order valence-electron chi connectivity index (χ4n) is 3.33. The van der Waals surface area contributed by atoms with Gasteiger partial charge in [-0.3, -0.25) is 24.3 Å².